The average Bonchev–Trinajstić information content (AvgIpc) is 2.60. The molecule has 0 fully saturated rings. The number of carboxylic acids is 1. The molecule has 0 aliphatic heterocycles. The number of nitrogens with zero attached hydrogens (tertiary/aromatic N) is 2. The van der Waals surface area contributed by atoms with Gasteiger partial charge in [-0.05, 0) is 42.1 Å². The van der Waals surface area contributed by atoms with Crippen LogP contribution in [0.25, 0.3) is 10.8 Å². The van der Waals surface area contributed by atoms with E-state index in [9.17, 15) is 23.4 Å². The SMILES string of the molecule is Cc1cc(S(=O)(=O)O)ccc1N=Nc1c(O)c(C(=O)O)cc2ccccc12. The third-order valence-electron chi connectivity index (χ3n) is 3.95. The Morgan fingerprint density at radius 2 is 1.74 bits per heavy atom. The first-order valence-corrected chi connectivity index (χ1v) is 9.10. The number of hydrogen-bond donors (Lipinski definition) is 3. The van der Waals surface area contributed by atoms with E-state index >= 15 is 0 Å². The largest absolute Gasteiger partial charge is 0.505 e. The van der Waals surface area contributed by atoms with Crippen molar-refractivity contribution in [2.45, 2.75) is 11.8 Å². The number of hydrogen-bond acceptors (Lipinski definition) is 6. The zero-order valence-electron chi connectivity index (χ0n) is 14.0. The average molecular weight is 386 g/mol. The number of rotatable bonds is 4. The fraction of sp³-hybridized carbons (Fsp3) is 0.0556. The molecule has 0 aliphatic rings. The summed E-state index contributed by atoms with van der Waals surface area (Å²) in [5, 5.41) is 28.7. The smallest absolute Gasteiger partial charge is 0.339 e. The van der Waals surface area contributed by atoms with E-state index in [2.05, 4.69) is 10.2 Å². The fourth-order valence-electron chi connectivity index (χ4n) is 2.59. The molecule has 0 spiro atoms. The van der Waals surface area contributed by atoms with Crippen LogP contribution in [0.4, 0.5) is 11.4 Å². The van der Waals surface area contributed by atoms with Crippen molar-refractivity contribution in [3.05, 3.63) is 59.7 Å². The quantitative estimate of drug-likeness (QED) is 0.454. The highest BCUT2D eigenvalue weighted by Gasteiger charge is 2.17. The van der Waals surface area contributed by atoms with Crippen molar-refractivity contribution in [3.63, 3.8) is 0 Å². The van der Waals surface area contributed by atoms with Crippen LogP contribution in [0.15, 0.2) is 63.7 Å². The second-order valence-corrected chi connectivity index (χ2v) is 7.19. The number of carboxylic acid groups (broad SMARTS) is 1. The van der Waals surface area contributed by atoms with Crippen LogP contribution >= 0.6 is 0 Å². The highest BCUT2D eigenvalue weighted by atomic mass is 32.2. The molecular formula is C18H14N2O6S. The van der Waals surface area contributed by atoms with Gasteiger partial charge in [-0.3, -0.25) is 4.55 Å². The molecule has 9 heteroatoms. The maximum Gasteiger partial charge on any atom is 0.339 e. The van der Waals surface area contributed by atoms with Crippen molar-refractivity contribution < 1.29 is 28.0 Å². The molecule has 0 atom stereocenters. The van der Waals surface area contributed by atoms with Crippen molar-refractivity contribution in [2.75, 3.05) is 0 Å². The molecule has 3 N–H and O–H groups in total. The first kappa shape index (κ1) is 18.5. The molecule has 0 saturated carbocycles. The summed E-state index contributed by atoms with van der Waals surface area (Å²) in [4.78, 5) is 11.1. The molecule has 138 valence electrons. The van der Waals surface area contributed by atoms with E-state index in [0.29, 0.717) is 22.0 Å². The van der Waals surface area contributed by atoms with Gasteiger partial charge >= 0.3 is 5.97 Å². The summed E-state index contributed by atoms with van der Waals surface area (Å²) in [7, 11) is -4.34. The third-order valence-corrected chi connectivity index (χ3v) is 4.80. The van der Waals surface area contributed by atoms with Crippen LogP contribution < -0.4 is 0 Å². The number of benzene rings is 3. The molecule has 0 amide bonds. The number of aryl methyl sites for hydroxylation is 1. The maximum atomic E-state index is 11.4. The Bertz CT molecular complexity index is 1200. The third kappa shape index (κ3) is 3.64. The van der Waals surface area contributed by atoms with Crippen molar-refractivity contribution in [1.29, 1.82) is 0 Å². The first-order valence-electron chi connectivity index (χ1n) is 7.66. The number of phenols is 1. The van der Waals surface area contributed by atoms with Gasteiger partial charge in [0.15, 0.2) is 5.75 Å². The summed E-state index contributed by atoms with van der Waals surface area (Å²) in [6, 6.07) is 11.9. The lowest BCUT2D eigenvalue weighted by Gasteiger charge is -2.08. The van der Waals surface area contributed by atoms with Crippen LogP contribution in [0.5, 0.6) is 5.75 Å². The van der Waals surface area contributed by atoms with Gasteiger partial charge in [0, 0.05) is 5.39 Å². The van der Waals surface area contributed by atoms with Crippen LogP contribution in [-0.4, -0.2) is 29.2 Å². The van der Waals surface area contributed by atoms with Gasteiger partial charge in [0.05, 0.1) is 10.6 Å². The maximum absolute atomic E-state index is 11.4. The normalized spacial score (nSPS) is 11.9. The molecule has 0 aliphatic carbocycles. The lowest BCUT2D eigenvalue weighted by molar-refractivity contribution is 0.0694. The molecule has 0 saturated heterocycles. The minimum Gasteiger partial charge on any atom is -0.505 e. The molecule has 0 aromatic heterocycles. The van der Waals surface area contributed by atoms with Crippen molar-refractivity contribution >= 4 is 38.2 Å². The molecule has 3 aromatic rings. The number of carbonyl (C=O) groups is 1. The van der Waals surface area contributed by atoms with Gasteiger partial charge in [-0.25, -0.2) is 4.79 Å². The number of aromatic hydroxyl groups is 1. The Kier molecular flexibility index (Phi) is 4.64. The minimum atomic E-state index is -4.34. The van der Waals surface area contributed by atoms with Crippen LogP contribution in [0.1, 0.15) is 15.9 Å². The van der Waals surface area contributed by atoms with E-state index in [1.165, 1.54) is 24.3 Å². The Morgan fingerprint density at radius 1 is 1.04 bits per heavy atom. The fourth-order valence-corrected chi connectivity index (χ4v) is 3.15. The van der Waals surface area contributed by atoms with Crippen molar-refractivity contribution in [3.8, 4) is 5.75 Å². The van der Waals surface area contributed by atoms with Gasteiger partial charge in [0.2, 0.25) is 0 Å². The summed E-state index contributed by atoms with van der Waals surface area (Å²) < 4.78 is 31.4. The summed E-state index contributed by atoms with van der Waals surface area (Å²) in [6.45, 7) is 1.58. The lowest BCUT2D eigenvalue weighted by atomic mass is 10.0. The van der Waals surface area contributed by atoms with Gasteiger partial charge in [0.1, 0.15) is 11.3 Å². The molecule has 0 bridgehead atoms. The Balaban J connectivity index is 2.14. The molecule has 27 heavy (non-hydrogen) atoms. The zero-order valence-corrected chi connectivity index (χ0v) is 14.8. The zero-order chi connectivity index (χ0) is 19.8. The highest BCUT2D eigenvalue weighted by molar-refractivity contribution is 7.85. The monoisotopic (exact) mass is 386 g/mol. The van der Waals surface area contributed by atoms with Crippen LogP contribution in [0.3, 0.4) is 0 Å². The Hall–Kier alpha value is -3.30. The minimum absolute atomic E-state index is 0.0104. The molecular weight excluding hydrogens is 372 g/mol. The summed E-state index contributed by atoms with van der Waals surface area (Å²) in [5.41, 5.74) is 0.406. The second-order valence-electron chi connectivity index (χ2n) is 5.77. The van der Waals surface area contributed by atoms with Crippen LogP contribution in [0.2, 0.25) is 0 Å². The molecule has 3 aromatic carbocycles. The van der Waals surface area contributed by atoms with Crippen LogP contribution in [0, 0.1) is 6.92 Å². The predicted molar refractivity (Wildman–Crippen MR) is 97.7 cm³/mol. The number of azo groups is 1. The standard InChI is InChI=1S/C18H14N2O6S/c1-10-8-12(27(24,25)26)6-7-15(10)19-20-16-13-5-3-2-4-11(13)9-14(17(16)21)18(22)23/h2-9,21H,1H3,(H,22,23)(H,24,25,26). The Labute approximate surface area is 154 Å². The second kappa shape index (κ2) is 6.78. The first-order chi connectivity index (χ1) is 12.7. The van der Waals surface area contributed by atoms with E-state index in [1.54, 1.807) is 31.2 Å². The van der Waals surface area contributed by atoms with Gasteiger partial charge in [-0.1, -0.05) is 24.3 Å². The number of aromatic carboxylic acids is 1. The highest BCUT2D eigenvalue weighted by Crippen LogP contribution is 2.39. The van der Waals surface area contributed by atoms with E-state index < -0.39 is 21.8 Å². The Morgan fingerprint density at radius 3 is 2.37 bits per heavy atom. The van der Waals surface area contributed by atoms with Gasteiger partial charge in [0.25, 0.3) is 10.1 Å². The van der Waals surface area contributed by atoms with Crippen molar-refractivity contribution in [1.82, 2.24) is 0 Å². The molecule has 8 nitrogen and oxygen atoms in total. The predicted octanol–water partition coefficient (Wildman–Crippen LogP) is 4.21. The van der Waals surface area contributed by atoms with E-state index in [-0.39, 0.29) is 16.1 Å². The topological polar surface area (TPSA) is 137 Å². The van der Waals surface area contributed by atoms with Crippen molar-refractivity contribution in [2.24, 2.45) is 10.2 Å². The summed E-state index contributed by atoms with van der Waals surface area (Å²) in [6.07, 6.45) is 0. The lowest BCUT2D eigenvalue weighted by Crippen LogP contribution is -1.98. The van der Waals surface area contributed by atoms with Gasteiger partial charge in [-0.15, -0.1) is 5.11 Å². The summed E-state index contributed by atoms with van der Waals surface area (Å²) >= 11 is 0. The van der Waals surface area contributed by atoms with E-state index in [4.69, 9.17) is 4.55 Å². The molecule has 3 rings (SSSR count). The molecule has 0 heterocycles. The number of fused-ring (bicyclic) bond motifs is 1. The van der Waals surface area contributed by atoms with E-state index in [0.717, 1.165) is 0 Å². The van der Waals surface area contributed by atoms with E-state index in [1.807, 2.05) is 0 Å². The van der Waals surface area contributed by atoms with Crippen LogP contribution in [-0.2, 0) is 10.1 Å². The van der Waals surface area contributed by atoms with Gasteiger partial charge < -0.3 is 10.2 Å². The molecule has 0 radical (unpaired) electrons. The molecule has 0 unspecified atom stereocenters. The van der Waals surface area contributed by atoms with Gasteiger partial charge in [-0.2, -0.15) is 13.5 Å². The summed E-state index contributed by atoms with van der Waals surface area (Å²) in [5.74, 6) is -1.82.